The van der Waals surface area contributed by atoms with E-state index in [0.29, 0.717) is 12.1 Å². The average Bonchev–Trinajstić information content (AvgIpc) is 3.33. The van der Waals surface area contributed by atoms with Crippen LogP contribution in [0.5, 0.6) is 0 Å². The van der Waals surface area contributed by atoms with Gasteiger partial charge in [-0.05, 0) is 49.2 Å². The van der Waals surface area contributed by atoms with Gasteiger partial charge in [-0.2, -0.15) is 0 Å². The topological polar surface area (TPSA) is 70.6 Å². The summed E-state index contributed by atoms with van der Waals surface area (Å²) in [4.78, 5) is 19.8. The Morgan fingerprint density at radius 1 is 1.14 bits per heavy atom. The summed E-state index contributed by atoms with van der Waals surface area (Å²) in [6, 6.07) is 14.1. The van der Waals surface area contributed by atoms with Gasteiger partial charge in [0, 0.05) is 26.2 Å². The minimum absolute atomic E-state index is 0.0323. The second-order valence-corrected chi connectivity index (χ2v) is 10.2. The molecule has 0 spiro atoms. The Labute approximate surface area is 168 Å². The zero-order valence-electron chi connectivity index (χ0n) is 15.7. The van der Waals surface area contributed by atoms with Gasteiger partial charge in [-0.3, -0.25) is 4.79 Å². The van der Waals surface area contributed by atoms with Crippen LogP contribution in [-0.4, -0.2) is 49.2 Å². The van der Waals surface area contributed by atoms with E-state index >= 15 is 0 Å². The Morgan fingerprint density at radius 3 is 2.54 bits per heavy atom. The third-order valence-corrected chi connectivity index (χ3v) is 7.96. The van der Waals surface area contributed by atoms with Crippen LogP contribution in [0.15, 0.2) is 53.4 Å². The number of carbonyl (C=O) groups excluding carboxylic acids is 1. The highest BCUT2D eigenvalue weighted by atomic mass is 32.2. The van der Waals surface area contributed by atoms with Gasteiger partial charge in [-0.25, -0.2) is 17.7 Å². The van der Waals surface area contributed by atoms with Crippen LogP contribution >= 0.6 is 11.3 Å². The minimum Gasteiger partial charge on any atom is -0.329 e. The molecule has 1 atom stereocenters. The highest BCUT2D eigenvalue weighted by Gasteiger charge is 2.33. The van der Waals surface area contributed by atoms with Crippen LogP contribution in [0.3, 0.4) is 0 Å². The van der Waals surface area contributed by atoms with Crippen molar-refractivity contribution in [1.29, 1.82) is 0 Å². The summed E-state index contributed by atoms with van der Waals surface area (Å²) >= 11 is 1.63. The molecule has 0 unspecified atom stereocenters. The van der Waals surface area contributed by atoms with Gasteiger partial charge < -0.3 is 4.90 Å². The number of likely N-dealkylation sites (tertiary alicyclic amines) is 1. The van der Waals surface area contributed by atoms with E-state index < -0.39 is 10.0 Å². The van der Waals surface area contributed by atoms with Crippen molar-refractivity contribution < 1.29 is 13.2 Å². The number of rotatable bonds is 4. The van der Waals surface area contributed by atoms with Crippen LogP contribution in [0.1, 0.15) is 34.2 Å². The molecule has 8 heteroatoms. The Kier molecular flexibility index (Phi) is 4.95. The summed E-state index contributed by atoms with van der Waals surface area (Å²) in [6.07, 6.45) is 1.82. The lowest BCUT2D eigenvalue weighted by atomic mass is 10.1. The van der Waals surface area contributed by atoms with E-state index in [-0.39, 0.29) is 16.8 Å². The van der Waals surface area contributed by atoms with E-state index in [1.54, 1.807) is 23.5 Å². The highest BCUT2D eigenvalue weighted by molar-refractivity contribution is 7.89. The maximum atomic E-state index is 13.1. The van der Waals surface area contributed by atoms with Crippen molar-refractivity contribution in [3.8, 4) is 0 Å². The lowest BCUT2D eigenvalue weighted by Gasteiger charge is -2.23. The maximum absolute atomic E-state index is 13.1. The molecule has 3 aromatic rings. The number of hydrogen-bond donors (Lipinski definition) is 0. The maximum Gasteiger partial charge on any atom is 0.254 e. The van der Waals surface area contributed by atoms with Gasteiger partial charge in [0.2, 0.25) is 10.0 Å². The van der Waals surface area contributed by atoms with Gasteiger partial charge in [0.1, 0.15) is 5.01 Å². The number of thiazole rings is 1. The molecule has 1 aliphatic rings. The molecule has 2 aromatic carbocycles. The van der Waals surface area contributed by atoms with Gasteiger partial charge in [0.05, 0.1) is 21.2 Å². The second kappa shape index (κ2) is 7.27. The van der Waals surface area contributed by atoms with Crippen LogP contribution in [0.4, 0.5) is 0 Å². The Hall–Kier alpha value is -2.29. The van der Waals surface area contributed by atoms with Crippen molar-refractivity contribution in [1.82, 2.24) is 14.2 Å². The molecular formula is C20H21N3O3S2. The summed E-state index contributed by atoms with van der Waals surface area (Å²) in [5.74, 6) is -0.0874. The van der Waals surface area contributed by atoms with Crippen LogP contribution in [0, 0.1) is 0 Å². The summed E-state index contributed by atoms with van der Waals surface area (Å²) in [6.45, 7) is 0.678. The Morgan fingerprint density at radius 2 is 1.86 bits per heavy atom. The molecule has 1 amide bonds. The summed E-state index contributed by atoms with van der Waals surface area (Å²) in [7, 11) is -0.532. The van der Waals surface area contributed by atoms with E-state index in [1.807, 2.05) is 29.2 Å². The molecule has 146 valence electrons. The number of benzene rings is 2. The van der Waals surface area contributed by atoms with Crippen molar-refractivity contribution in [2.75, 3.05) is 20.6 Å². The first-order valence-corrected chi connectivity index (χ1v) is 11.3. The molecule has 0 N–H and O–H groups in total. The molecule has 1 fully saturated rings. The van der Waals surface area contributed by atoms with Gasteiger partial charge in [0.25, 0.3) is 5.91 Å². The van der Waals surface area contributed by atoms with Crippen LogP contribution in [0.25, 0.3) is 10.2 Å². The predicted molar refractivity (Wildman–Crippen MR) is 110 cm³/mol. The van der Waals surface area contributed by atoms with Gasteiger partial charge in [0.15, 0.2) is 0 Å². The Balaban J connectivity index is 1.60. The quantitative estimate of drug-likeness (QED) is 0.654. The first-order valence-electron chi connectivity index (χ1n) is 9.07. The van der Waals surface area contributed by atoms with Crippen molar-refractivity contribution in [3.63, 3.8) is 0 Å². The molecule has 1 saturated heterocycles. The molecule has 6 nitrogen and oxygen atoms in total. The van der Waals surface area contributed by atoms with E-state index in [9.17, 15) is 13.2 Å². The van der Waals surface area contributed by atoms with Crippen molar-refractivity contribution >= 4 is 37.5 Å². The molecule has 4 rings (SSSR count). The van der Waals surface area contributed by atoms with E-state index in [2.05, 4.69) is 0 Å². The highest BCUT2D eigenvalue weighted by Crippen LogP contribution is 2.37. The minimum atomic E-state index is -3.51. The fourth-order valence-corrected chi connectivity index (χ4v) is 5.46. The molecule has 0 aliphatic carbocycles. The van der Waals surface area contributed by atoms with Crippen LogP contribution < -0.4 is 0 Å². The van der Waals surface area contributed by atoms with Gasteiger partial charge >= 0.3 is 0 Å². The largest absolute Gasteiger partial charge is 0.329 e. The van der Waals surface area contributed by atoms with E-state index in [1.165, 1.54) is 26.2 Å². The molecule has 2 heterocycles. The van der Waals surface area contributed by atoms with Crippen LogP contribution in [-0.2, 0) is 10.0 Å². The van der Waals surface area contributed by atoms with Gasteiger partial charge in [-0.1, -0.05) is 12.1 Å². The first-order chi connectivity index (χ1) is 13.4. The fourth-order valence-electron chi connectivity index (χ4n) is 3.45. The number of aromatic nitrogens is 1. The molecule has 1 aromatic heterocycles. The summed E-state index contributed by atoms with van der Waals surface area (Å²) < 4.78 is 26.7. The summed E-state index contributed by atoms with van der Waals surface area (Å²) in [5.41, 5.74) is 1.45. The first kappa shape index (κ1) is 19.0. The molecular weight excluding hydrogens is 394 g/mol. The number of para-hydroxylation sites is 1. The van der Waals surface area contributed by atoms with Crippen molar-refractivity contribution in [3.05, 3.63) is 59.1 Å². The van der Waals surface area contributed by atoms with E-state index in [0.717, 1.165) is 32.4 Å². The third-order valence-electron chi connectivity index (χ3n) is 4.99. The number of carbonyl (C=O) groups is 1. The monoisotopic (exact) mass is 415 g/mol. The normalized spacial score (nSPS) is 17.5. The van der Waals surface area contributed by atoms with Gasteiger partial charge in [-0.15, -0.1) is 11.3 Å². The predicted octanol–water partition coefficient (Wildman–Crippen LogP) is 3.52. The van der Waals surface area contributed by atoms with Crippen LogP contribution in [0.2, 0.25) is 0 Å². The van der Waals surface area contributed by atoms with Crippen molar-refractivity contribution in [2.45, 2.75) is 23.8 Å². The lowest BCUT2D eigenvalue weighted by Crippen LogP contribution is -2.30. The molecule has 0 bridgehead atoms. The Bertz CT molecular complexity index is 1090. The molecule has 28 heavy (non-hydrogen) atoms. The number of nitrogens with zero attached hydrogens (tertiary/aromatic N) is 3. The standard InChI is InChI=1S/C20H21N3O3S2/c1-22(2)28(25,26)15-11-9-14(10-12-15)20(24)23-13-5-7-17(23)19-21-16-6-3-4-8-18(16)27-19/h3-4,6,8-12,17H,5,7,13H2,1-2H3/t17-/m0/s1. The lowest BCUT2D eigenvalue weighted by molar-refractivity contribution is 0.0735. The smallest absolute Gasteiger partial charge is 0.254 e. The SMILES string of the molecule is CN(C)S(=O)(=O)c1ccc(C(=O)N2CCC[C@H]2c2nc3ccccc3s2)cc1. The number of sulfonamides is 1. The molecule has 0 saturated carbocycles. The zero-order chi connectivity index (χ0) is 19.9. The molecule has 1 aliphatic heterocycles. The van der Waals surface area contributed by atoms with Crippen molar-refractivity contribution in [2.24, 2.45) is 0 Å². The number of amides is 1. The number of fused-ring (bicyclic) bond motifs is 1. The average molecular weight is 416 g/mol. The third kappa shape index (κ3) is 3.32. The fraction of sp³-hybridized carbons (Fsp3) is 0.300. The number of hydrogen-bond acceptors (Lipinski definition) is 5. The van der Waals surface area contributed by atoms with E-state index in [4.69, 9.17) is 4.98 Å². The zero-order valence-corrected chi connectivity index (χ0v) is 17.3. The summed E-state index contributed by atoms with van der Waals surface area (Å²) in [5, 5.41) is 0.957. The molecule has 0 radical (unpaired) electrons. The second-order valence-electron chi connectivity index (χ2n) is 6.99.